The highest BCUT2D eigenvalue weighted by atomic mass is 127. The molecular formula is C18H37IN4O3S. The van der Waals surface area contributed by atoms with E-state index >= 15 is 0 Å². The van der Waals surface area contributed by atoms with Gasteiger partial charge in [-0.05, 0) is 45.4 Å². The highest BCUT2D eigenvalue weighted by Crippen LogP contribution is 2.43. The summed E-state index contributed by atoms with van der Waals surface area (Å²) in [6.45, 7) is 10.9. The maximum atomic E-state index is 12.6. The van der Waals surface area contributed by atoms with Crippen LogP contribution in [0.4, 0.5) is 0 Å². The molecule has 1 heterocycles. The highest BCUT2D eigenvalue weighted by Gasteiger charge is 2.35. The molecule has 1 saturated carbocycles. The molecule has 2 N–H and O–H groups in total. The number of hydrogen-bond donors (Lipinski definition) is 2. The normalized spacial score (nSPS) is 26.0. The van der Waals surface area contributed by atoms with Gasteiger partial charge >= 0.3 is 0 Å². The second kappa shape index (κ2) is 11.2. The van der Waals surface area contributed by atoms with Crippen LogP contribution in [0.1, 0.15) is 53.4 Å². The Hall–Kier alpha value is -0.130. The quantitative estimate of drug-likeness (QED) is 0.294. The average Bonchev–Trinajstić information content (AvgIpc) is 2.53. The lowest BCUT2D eigenvalue weighted by Crippen LogP contribution is -2.50. The zero-order valence-electron chi connectivity index (χ0n) is 17.2. The van der Waals surface area contributed by atoms with Crippen LogP contribution in [0, 0.1) is 5.41 Å². The van der Waals surface area contributed by atoms with Gasteiger partial charge in [0.25, 0.3) is 0 Å². The van der Waals surface area contributed by atoms with Crippen molar-refractivity contribution in [1.82, 2.24) is 14.9 Å². The number of hydrogen-bond acceptors (Lipinski definition) is 4. The summed E-state index contributed by atoms with van der Waals surface area (Å²) in [5, 5.41) is 6.40. The van der Waals surface area contributed by atoms with Gasteiger partial charge in [-0.3, -0.25) is 4.99 Å². The molecule has 0 spiro atoms. The Labute approximate surface area is 182 Å². The third-order valence-corrected chi connectivity index (χ3v) is 7.32. The number of ether oxygens (including phenoxy) is 1. The summed E-state index contributed by atoms with van der Waals surface area (Å²) < 4.78 is 32.4. The Bertz CT molecular complexity index is 566. The van der Waals surface area contributed by atoms with Crippen LogP contribution in [0.15, 0.2) is 4.99 Å². The molecule has 0 aromatic carbocycles. The van der Waals surface area contributed by atoms with Gasteiger partial charge in [0.15, 0.2) is 5.96 Å². The Morgan fingerprint density at radius 3 is 2.30 bits per heavy atom. The molecule has 1 saturated heterocycles. The van der Waals surface area contributed by atoms with Gasteiger partial charge in [0.05, 0.1) is 18.0 Å². The van der Waals surface area contributed by atoms with E-state index < -0.39 is 10.0 Å². The second-order valence-electron chi connectivity index (χ2n) is 7.72. The van der Waals surface area contributed by atoms with Gasteiger partial charge in [0.1, 0.15) is 0 Å². The fourth-order valence-electron chi connectivity index (χ4n) is 3.67. The van der Waals surface area contributed by atoms with Crippen molar-refractivity contribution in [2.75, 3.05) is 38.5 Å². The van der Waals surface area contributed by atoms with Crippen LogP contribution < -0.4 is 10.6 Å². The van der Waals surface area contributed by atoms with Crippen molar-refractivity contribution in [3.05, 3.63) is 0 Å². The van der Waals surface area contributed by atoms with Crippen molar-refractivity contribution in [2.24, 2.45) is 10.4 Å². The Morgan fingerprint density at radius 2 is 1.81 bits per heavy atom. The van der Waals surface area contributed by atoms with E-state index in [9.17, 15) is 8.42 Å². The molecule has 1 aliphatic carbocycles. The van der Waals surface area contributed by atoms with Crippen LogP contribution in [0.2, 0.25) is 0 Å². The minimum Gasteiger partial charge on any atom is -0.373 e. The molecule has 2 atom stereocenters. The van der Waals surface area contributed by atoms with E-state index in [1.165, 1.54) is 19.3 Å². The van der Waals surface area contributed by atoms with Crippen LogP contribution in [-0.4, -0.2) is 69.4 Å². The second-order valence-corrected chi connectivity index (χ2v) is 9.81. The van der Waals surface area contributed by atoms with Gasteiger partial charge in [-0.2, -0.15) is 4.31 Å². The number of nitrogens with one attached hydrogen (secondary N) is 2. The third kappa shape index (κ3) is 7.32. The lowest BCUT2D eigenvalue weighted by Gasteiger charge is -2.40. The Morgan fingerprint density at radius 1 is 1.19 bits per heavy atom. The molecule has 9 heteroatoms. The maximum absolute atomic E-state index is 12.6. The molecule has 0 aromatic heterocycles. The van der Waals surface area contributed by atoms with Gasteiger partial charge in [-0.25, -0.2) is 8.42 Å². The van der Waals surface area contributed by atoms with Gasteiger partial charge < -0.3 is 15.4 Å². The van der Waals surface area contributed by atoms with Crippen LogP contribution >= 0.6 is 24.0 Å². The van der Waals surface area contributed by atoms with E-state index in [-0.39, 0.29) is 41.9 Å². The lowest BCUT2D eigenvalue weighted by atomic mass is 9.67. The van der Waals surface area contributed by atoms with Crippen molar-refractivity contribution in [3.8, 4) is 0 Å². The van der Waals surface area contributed by atoms with E-state index in [4.69, 9.17) is 9.73 Å². The van der Waals surface area contributed by atoms with Gasteiger partial charge in [0.2, 0.25) is 10.0 Å². The smallest absolute Gasteiger partial charge is 0.216 e. The topological polar surface area (TPSA) is 83.0 Å². The van der Waals surface area contributed by atoms with Crippen molar-refractivity contribution < 1.29 is 13.2 Å². The number of guanidine groups is 1. The molecule has 2 fully saturated rings. The van der Waals surface area contributed by atoms with Crippen molar-refractivity contribution in [2.45, 2.75) is 65.6 Å². The molecule has 160 valence electrons. The van der Waals surface area contributed by atoms with Crippen molar-refractivity contribution in [1.29, 1.82) is 0 Å². The molecule has 2 aliphatic rings. The molecule has 0 radical (unpaired) electrons. The van der Waals surface area contributed by atoms with E-state index in [2.05, 4.69) is 17.6 Å². The van der Waals surface area contributed by atoms with Crippen molar-refractivity contribution >= 4 is 40.0 Å². The molecule has 27 heavy (non-hydrogen) atoms. The zero-order valence-corrected chi connectivity index (χ0v) is 20.3. The maximum Gasteiger partial charge on any atom is 0.216 e. The summed E-state index contributed by atoms with van der Waals surface area (Å²) in [5.74, 6) is 0.779. The Kier molecular flexibility index (Phi) is 10.3. The fourth-order valence-corrected chi connectivity index (χ4v) is 5.17. The molecule has 0 bridgehead atoms. The van der Waals surface area contributed by atoms with Crippen LogP contribution in [0.3, 0.4) is 0 Å². The van der Waals surface area contributed by atoms with E-state index in [0.717, 1.165) is 19.5 Å². The number of nitrogens with zero attached hydrogens (tertiary/aromatic N) is 2. The molecule has 1 aliphatic heterocycles. The number of halogens is 1. The predicted molar refractivity (Wildman–Crippen MR) is 121 cm³/mol. The number of morpholine rings is 1. The third-order valence-electron chi connectivity index (χ3n) is 5.51. The summed E-state index contributed by atoms with van der Waals surface area (Å²) in [6, 6.07) is 0. The first kappa shape index (κ1) is 24.9. The summed E-state index contributed by atoms with van der Waals surface area (Å²) in [4.78, 5) is 4.70. The zero-order chi connectivity index (χ0) is 19.2. The van der Waals surface area contributed by atoms with Crippen LogP contribution in [0.5, 0.6) is 0 Å². The van der Waals surface area contributed by atoms with Gasteiger partial charge in [-0.15, -0.1) is 24.0 Å². The SMILES string of the molecule is CCNC(=NCC1(CC)CCC1)NCCS(=O)(=O)N1CC(C)OC(C)C1.I. The first-order chi connectivity index (χ1) is 12.3. The molecule has 2 rings (SSSR count). The number of sulfonamides is 1. The minimum atomic E-state index is -3.29. The summed E-state index contributed by atoms with van der Waals surface area (Å²) in [5.41, 5.74) is 0.356. The molecule has 7 nitrogen and oxygen atoms in total. The van der Waals surface area contributed by atoms with E-state index in [1.54, 1.807) is 4.31 Å². The predicted octanol–water partition coefficient (Wildman–Crippen LogP) is 2.18. The average molecular weight is 516 g/mol. The number of rotatable bonds is 8. The van der Waals surface area contributed by atoms with Gasteiger partial charge in [-0.1, -0.05) is 13.3 Å². The largest absolute Gasteiger partial charge is 0.373 e. The molecule has 0 aromatic rings. The Balaban J connectivity index is 0.00000364. The standard InChI is InChI=1S/C18H36N4O3S.HI/c1-5-18(8-7-9-18)14-21-17(19-6-2)20-10-11-26(23,24)22-12-15(3)25-16(4)13-22;/h15-16H,5-14H2,1-4H3,(H2,19,20,21);1H. The monoisotopic (exact) mass is 516 g/mol. The first-order valence-corrected chi connectivity index (χ1v) is 11.6. The molecule has 2 unspecified atom stereocenters. The number of aliphatic imine (C=N–C) groups is 1. The van der Waals surface area contributed by atoms with Gasteiger partial charge in [0, 0.05) is 32.7 Å². The van der Waals surface area contributed by atoms with Crippen LogP contribution in [-0.2, 0) is 14.8 Å². The molecular weight excluding hydrogens is 479 g/mol. The fraction of sp³-hybridized carbons (Fsp3) is 0.944. The minimum absolute atomic E-state index is 0. The van der Waals surface area contributed by atoms with Crippen molar-refractivity contribution in [3.63, 3.8) is 0 Å². The summed E-state index contributed by atoms with van der Waals surface area (Å²) in [7, 11) is -3.29. The van der Waals surface area contributed by atoms with Crippen LogP contribution in [0.25, 0.3) is 0 Å². The summed E-state index contributed by atoms with van der Waals surface area (Å²) >= 11 is 0. The summed E-state index contributed by atoms with van der Waals surface area (Å²) in [6.07, 6.45) is 4.81. The first-order valence-electron chi connectivity index (χ1n) is 9.96. The molecule has 0 amide bonds. The van der Waals surface area contributed by atoms with E-state index in [1.807, 2.05) is 20.8 Å². The highest BCUT2D eigenvalue weighted by molar-refractivity contribution is 14.0. The lowest BCUT2D eigenvalue weighted by molar-refractivity contribution is -0.0440. The van der Waals surface area contributed by atoms with E-state index in [0.29, 0.717) is 31.0 Å².